The number of ether oxygens (including phenoxy) is 1. The van der Waals surface area contributed by atoms with Crippen molar-refractivity contribution in [2.24, 2.45) is 23.7 Å². The van der Waals surface area contributed by atoms with E-state index in [0.717, 1.165) is 19.3 Å². The van der Waals surface area contributed by atoms with Gasteiger partial charge in [-0.15, -0.1) is 0 Å². The van der Waals surface area contributed by atoms with Crippen LogP contribution in [0.4, 0.5) is 11.4 Å². The third-order valence-corrected chi connectivity index (χ3v) is 6.55. The van der Waals surface area contributed by atoms with Gasteiger partial charge < -0.3 is 4.74 Å². The molecule has 8 heteroatoms. The molecule has 0 N–H and O–H groups in total. The van der Waals surface area contributed by atoms with Gasteiger partial charge in [0.25, 0.3) is 5.69 Å². The number of nitrogens with zero attached hydrogens (tertiary/aromatic N) is 2. The number of fused-ring (bicyclic) bond motifs is 5. The standard InChI is InChI=1S/C22H18N2O6/c25-20-18-13-1-2-14(11-13)19(18)21(26)23(20)15-5-3-12(4-6-15)22(27)30-17-9-7-16(8-10-17)24(28)29/h3-10,13-14,18-19H,1-2,11H2/t13-,14+,18-,19-/m0/s1. The highest BCUT2D eigenvalue weighted by molar-refractivity contribution is 6.22. The first-order valence-corrected chi connectivity index (χ1v) is 9.88. The Bertz CT molecular complexity index is 1030. The van der Waals surface area contributed by atoms with Crippen LogP contribution in [0.15, 0.2) is 48.5 Å². The van der Waals surface area contributed by atoms with Crippen LogP contribution in [-0.4, -0.2) is 22.7 Å². The first-order valence-electron chi connectivity index (χ1n) is 9.88. The van der Waals surface area contributed by atoms with Crippen LogP contribution in [0.2, 0.25) is 0 Å². The van der Waals surface area contributed by atoms with Crippen molar-refractivity contribution < 1.29 is 24.0 Å². The molecule has 2 saturated carbocycles. The van der Waals surface area contributed by atoms with Crippen molar-refractivity contribution >= 4 is 29.2 Å². The number of carbonyl (C=O) groups is 3. The molecule has 152 valence electrons. The Morgan fingerprint density at radius 3 is 2.03 bits per heavy atom. The van der Waals surface area contributed by atoms with E-state index in [0.29, 0.717) is 17.5 Å². The van der Waals surface area contributed by atoms with Gasteiger partial charge in [-0.25, -0.2) is 4.79 Å². The molecular formula is C22H18N2O6. The number of amides is 2. The molecule has 3 aliphatic rings. The highest BCUT2D eigenvalue weighted by atomic mass is 16.6. The number of nitro groups is 1. The molecule has 1 aliphatic heterocycles. The summed E-state index contributed by atoms with van der Waals surface area (Å²) in [5.74, 6) is -0.454. The number of benzene rings is 2. The molecule has 8 nitrogen and oxygen atoms in total. The fourth-order valence-electron chi connectivity index (χ4n) is 5.21. The zero-order chi connectivity index (χ0) is 21.0. The summed E-state index contributed by atoms with van der Waals surface area (Å²) < 4.78 is 5.23. The molecule has 0 unspecified atom stereocenters. The number of rotatable bonds is 4. The maximum Gasteiger partial charge on any atom is 0.343 e. The second-order valence-corrected chi connectivity index (χ2v) is 8.08. The number of carbonyl (C=O) groups excluding carboxylic acids is 3. The number of nitro benzene ring substituents is 1. The SMILES string of the molecule is O=C(Oc1ccc([N+](=O)[O-])cc1)c1ccc(N2C(=O)[C@H]3[C@@H]4CC[C@@H](C4)[C@@H]3C2=O)cc1. The lowest BCUT2D eigenvalue weighted by Gasteiger charge is -2.19. The molecule has 2 bridgehead atoms. The third kappa shape index (κ3) is 2.79. The Morgan fingerprint density at radius 1 is 0.933 bits per heavy atom. The zero-order valence-corrected chi connectivity index (χ0v) is 15.9. The van der Waals surface area contributed by atoms with Crippen molar-refractivity contribution in [3.63, 3.8) is 0 Å². The van der Waals surface area contributed by atoms with Gasteiger partial charge in [0, 0.05) is 12.1 Å². The van der Waals surface area contributed by atoms with E-state index in [1.807, 2.05) is 0 Å². The van der Waals surface area contributed by atoms with Crippen molar-refractivity contribution in [3.8, 4) is 5.75 Å². The number of anilines is 1. The van der Waals surface area contributed by atoms with Crippen molar-refractivity contribution in [3.05, 3.63) is 64.2 Å². The predicted octanol–water partition coefficient (Wildman–Crippen LogP) is 3.35. The average molecular weight is 406 g/mol. The molecular weight excluding hydrogens is 388 g/mol. The summed E-state index contributed by atoms with van der Waals surface area (Å²) in [6.07, 6.45) is 3.02. The third-order valence-electron chi connectivity index (χ3n) is 6.55. The summed E-state index contributed by atoms with van der Waals surface area (Å²) in [4.78, 5) is 49.5. The second-order valence-electron chi connectivity index (χ2n) is 8.08. The molecule has 0 radical (unpaired) electrons. The Kier molecular flexibility index (Phi) is 4.16. The summed E-state index contributed by atoms with van der Waals surface area (Å²) >= 11 is 0. The molecule has 1 heterocycles. The van der Waals surface area contributed by atoms with Crippen LogP contribution >= 0.6 is 0 Å². The monoisotopic (exact) mass is 406 g/mol. The van der Waals surface area contributed by atoms with Crippen molar-refractivity contribution in [1.29, 1.82) is 0 Å². The van der Waals surface area contributed by atoms with E-state index >= 15 is 0 Å². The Hall–Kier alpha value is -3.55. The molecule has 2 amide bonds. The van der Waals surface area contributed by atoms with Gasteiger partial charge in [0.05, 0.1) is 28.0 Å². The normalized spacial score (nSPS) is 26.7. The number of imide groups is 1. The first kappa shape index (κ1) is 18.5. The second kappa shape index (κ2) is 6.76. The van der Waals surface area contributed by atoms with Gasteiger partial charge in [-0.05, 0) is 67.5 Å². The minimum Gasteiger partial charge on any atom is -0.423 e. The van der Waals surface area contributed by atoms with Gasteiger partial charge in [-0.3, -0.25) is 24.6 Å². The fourth-order valence-corrected chi connectivity index (χ4v) is 5.21. The largest absolute Gasteiger partial charge is 0.423 e. The van der Waals surface area contributed by atoms with E-state index in [-0.39, 0.29) is 40.7 Å². The van der Waals surface area contributed by atoms with Crippen molar-refractivity contribution in [1.82, 2.24) is 0 Å². The highest BCUT2D eigenvalue weighted by Gasteiger charge is 2.61. The first-order chi connectivity index (χ1) is 14.4. The van der Waals surface area contributed by atoms with E-state index in [2.05, 4.69) is 0 Å². The molecule has 4 atom stereocenters. The Balaban J connectivity index is 1.31. The Morgan fingerprint density at radius 2 is 1.50 bits per heavy atom. The lowest BCUT2D eigenvalue weighted by Crippen LogP contribution is -2.32. The van der Waals surface area contributed by atoms with Crippen LogP contribution in [0.5, 0.6) is 5.75 Å². The van der Waals surface area contributed by atoms with Gasteiger partial charge >= 0.3 is 5.97 Å². The number of esters is 1. The zero-order valence-electron chi connectivity index (χ0n) is 15.9. The maximum atomic E-state index is 12.9. The molecule has 2 aromatic carbocycles. The predicted molar refractivity (Wildman–Crippen MR) is 105 cm³/mol. The van der Waals surface area contributed by atoms with Crippen LogP contribution in [0.3, 0.4) is 0 Å². The molecule has 0 spiro atoms. The lowest BCUT2D eigenvalue weighted by molar-refractivity contribution is -0.384. The smallest absolute Gasteiger partial charge is 0.343 e. The van der Waals surface area contributed by atoms with Crippen LogP contribution in [-0.2, 0) is 9.59 Å². The highest BCUT2D eigenvalue weighted by Crippen LogP contribution is 2.56. The van der Waals surface area contributed by atoms with Crippen LogP contribution in [0.1, 0.15) is 29.6 Å². The summed E-state index contributed by atoms with van der Waals surface area (Å²) in [5.41, 5.74) is 0.611. The van der Waals surface area contributed by atoms with E-state index in [4.69, 9.17) is 4.74 Å². The molecule has 30 heavy (non-hydrogen) atoms. The lowest BCUT2D eigenvalue weighted by atomic mass is 9.81. The van der Waals surface area contributed by atoms with Gasteiger partial charge in [0.2, 0.25) is 11.8 Å². The van der Waals surface area contributed by atoms with E-state index in [1.165, 1.54) is 41.3 Å². The molecule has 1 saturated heterocycles. The number of non-ortho nitro benzene ring substituents is 1. The summed E-state index contributed by atoms with van der Waals surface area (Å²) in [7, 11) is 0. The summed E-state index contributed by atoms with van der Waals surface area (Å²) in [5, 5.41) is 10.7. The van der Waals surface area contributed by atoms with Crippen LogP contribution in [0.25, 0.3) is 0 Å². The van der Waals surface area contributed by atoms with Crippen molar-refractivity contribution in [2.45, 2.75) is 19.3 Å². The minimum absolute atomic E-state index is 0.0997. The van der Waals surface area contributed by atoms with E-state index in [1.54, 1.807) is 12.1 Å². The summed E-state index contributed by atoms with van der Waals surface area (Å²) in [6.45, 7) is 0. The maximum absolute atomic E-state index is 12.9. The molecule has 0 aromatic heterocycles. The van der Waals surface area contributed by atoms with Crippen LogP contribution in [0, 0.1) is 33.8 Å². The van der Waals surface area contributed by atoms with Crippen molar-refractivity contribution in [2.75, 3.05) is 4.90 Å². The Labute approximate surface area is 171 Å². The fraction of sp³-hybridized carbons (Fsp3) is 0.318. The summed E-state index contributed by atoms with van der Waals surface area (Å²) in [6, 6.07) is 11.4. The molecule has 3 fully saturated rings. The minimum atomic E-state index is -0.635. The van der Waals surface area contributed by atoms with E-state index < -0.39 is 10.9 Å². The number of hydrogen-bond donors (Lipinski definition) is 0. The van der Waals surface area contributed by atoms with Gasteiger partial charge in [0.1, 0.15) is 5.75 Å². The average Bonchev–Trinajstić information content (AvgIpc) is 3.42. The van der Waals surface area contributed by atoms with Gasteiger partial charge in [-0.1, -0.05) is 0 Å². The number of hydrogen-bond acceptors (Lipinski definition) is 6. The van der Waals surface area contributed by atoms with Gasteiger partial charge in [-0.2, -0.15) is 0 Å². The van der Waals surface area contributed by atoms with Gasteiger partial charge in [0.15, 0.2) is 0 Å². The van der Waals surface area contributed by atoms with Crippen LogP contribution < -0.4 is 9.64 Å². The molecule has 2 aromatic rings. The molecule has 2 aliphatic carbocycles. The molecule has 5 rings (SSSR count). The van der Waals surface area contributed by atoms with E-state index in [9.17, 15) is 24.5 Å². The topological polar surface area (TPSA) is 107 Å². The quantitative estimate of drug-likeness (QED) is 0.253.